The van der Waals surface area contributed by atoms with E-state index in [0.717, 1.165) is 11.1 Å². The molecular weight excluding hydrogens is 276 g/mol. The van der Waals surface area contributed by atoms with Crippen LogP contribution in [0, 0.1) is 6.92 Å². The van der Waals surface area contributed by atoms with Gasteiger partial charge in [0.15, 0.2) is 0 Å². The number of nitrogens with zero attached hydrogens (tertiary/aromatic N) is 2. The molecule has 1 aromatic carbocycles. The van der Waals surface area contributed by atoms with Crippen molar-refractivity contribution in [2.45, 2.75) is 18.4 Å². The van der Waals surface area contributed by atoms with Crippen molar-refractivity contribution >= 4 is 16.0 Å². The molecule has 2 rings (SSSR count). The minimum atomic E-state index is -3.60. The molecule has 106 valence electrons. The number of hydrogen-bond acceptors (Lipinski definition) is 5. The minimum absolute atomic E-state index is 0.0455. The van der Waals surface area contributed by atoms with E-state index >= 15 is 0 Å². The lowest BCUT2D eigenvalue weighted by Gasteiger charge is -2.07. The third kappa shape index (κ3) is 3.52. The largest absolute Gasteiger partial charge is 0.357 e. The number of anilines is 1. The summed E-state index contributed by atoms with van der Waals surface area (Å²) in [4.78, 5) is 7.83. The predicted octanol–water partition coefficient (Wildman–Crippen LogP) is 1.31. The summed E-state index contributed by atoms with van der Waals surface area (Å²) in [7, 11) is -1.93. The summed E-state index contributed by atoms with van der Waals surface area (Å²) in [6, 6.07) is 7.66. The van der Waals surface area contributed by atoms with Gasteiger partial charge in [-0.3, -0.25) is 0 Å². The van der Waals surface area contributed by atoms with Crippen LogP contribution in [0.5, 0.6) is 0 Å². The van der Waals surface area contributed by atoms with E-state index in [1.165, 1.54) is 12.4 Å². The quantitative estimate of drug-likeness (QED) is 0.868. The molecular formula is C13H16N4O2S. The highest BCUT2D eigenvalue weighted by atomic mass is 32.2. The molecule has 0 fully saturated rings. The summed E-state index contributed by atoms with van der Waals surface area (Å²) < 4.78 is 26.7. The molecule has 2 N–H and O–H groups in total. The Bertz CT molecular complexity index is 684. The maximum absolute atomic E-state index is 12.1. The number of aromatic nitrogens is 2. The third-order valence-corrected chi connectivity index (χ3v) is 4.07. The van der Waals surface area contributed by atoms with Gasteiger partial charge in [-0.15, -0.1) is 0 Å². The van der Waals surface area contributed by atoms with E-state index in [-0.39, 0.29) is 11.4 Å². The highest BCUT2D eigenvalue weighted by molar-refractivity contribution is 7.89. The Morgan fingerprint density at radius 3 is 2.50 bits per heavy atom. The maximum atomic E-state index is 12.1. The van der Waals surface area contributed by atoms with Crippen LogP contribution in [0.3, 0.4) is 0 Å². The molecule has 0 unspecified atom stereocenters. The molecule has 7 heteroatoms. The fourth-order valence-electron chi connectivity index (χ4n) is 1.67. The summed E-state index contributed by atoms with van der Waals surface area (Å²) in [5.74, 6) is 0.377. The molecule has 0 spiro atoms. The zero-order valence-electron chi connectivity index (χ0n) is 11.3. The van der Waals surface area contributed by atoms with Gasteiger partial charge in [-0.05, 0) is 12.5 Å². The van der Waals surface area contributed by atoms with E-state index in [9.17, 15) is 8.42 Å². The lowest BCUT2D eigenvalue weighted by atomic mass is 10.1. The molecule has 0 saturated heterocycles. The van der Waals surface area contributed by atoms with Crippen molar-refractivity contribution in [3.8, 4) is 0 Å². The Balaban J connectivity index is 2.10. The van der Waals surface area contributed by atoms with E-state index in [1.54, 1.807) is 7.05 Å². The second-order valence-corrected chi connectivity index (χ2v) is 6.07. The Morgan fingerprint density at radius 1 is 1.20 bits per heavy atom. The Morgan fingerprint density at radius 2 is 1.90 bits per heavy atom. The van der Waals surface area contributed by atoms with Gasteiger partial charge in [0.25, 0.3) is 0 Å². The number of sulfonamides is 1. The van der Waals surface area contributed by atoms with Crippen LogP contribution in [0.2, 0.25) is 0 Å². The molecule has 0 amide bonds. The first kappa shape index (κ1) is 14.4. The number of nitrogens with one attached hydrogen (secondary N) is 2. The van der Waals surface area contributed by atoms with Gasteiger partial charge in [0.2, 0.25) is 16.0 Å². The summed E-state index contributed by atoms with van der Waals surface area (Å²) >= 11 is 0. The number of aryl methyl sites for hydroxylation is 1. The molecule has 20 heavy (non-hydrogen) atoms. The van der Waals surface area contributed by atoms with E-state index in [1.807, 2.05) is 31.2 Å². The maximum Gasteiger partial charge on any atom is 0.243 e. The minimum Gasteiger partial charge on any atom is -0.357 e. The standard InChI is InChI=1S/C13H16N4O2S/c1-10-4-3-5-11(6-10)7-17-20(18,19)12-8-15-13(14-2)16-9-12/h3-6,8-9,17H,7H2,1-2H3,(H,14,15,16). The van der Waals surface area contributed by atoms with Gasteiger partial charge >= 0.3 is 0 Å². The number of benzene rings is 1. The third-order valence-electron chi connectivity index (χ3n) is 2.71. The monoisotopic (exact) mass is 292 g/mol. The fourth-order valence-corrected chi connectivity index (χ4v) is 2.57. The van der Waals surface area contributed by atoms with E-state index in [0.29, 0.717) is 5.95 Å². The van der Waals surface area contributed by atoms with Gasteiger partial charge < -0.3 is 5.32 Å². The van der Waals surface area contributed by atoms with Crippen LogP contribution >= 0.6 is 0 Å². The van der Waals surface area contributed by atoms with Crippen LogP contribution < -0.4 is 10.0 Å². The van der Waals surface area contributed by atoms with E-state index in [2.05, 4.69) is 20.0 Å². The van der Waals surface area contributed by atoms with Crippen molar-refractivity contribution in [1.29, 1.82) is 0 Å². The van der Waals surface area contributed by atoms with E-state index in [4.69, 9.17) is 0 Å². The van der Waals surface area contributed by atoms with Crippen molar-refractivity contribution in [2.24, 2.45) is 0 Å². The average molecular weight is 292 g/mol. The first-order valence-corrected chi connectivity index (χ1v) is 7.54. The Labute approximate surface area is 118 Å². The lowest BCUT2D eigenvalue weighted by molar-refractivity contribution is 0.580. The SMILES string of the molecule is CNc1ncc(S(=O)(=O)NCc2cccc(C)c2)cn1. The van der Waals surface area contributed by atoms with Crippen molar-refractivity contribution in [2.75, 3.05) is 12.4 Å². The topological polar surface area (TPSA) is 84.0 Å². The van der Waals surface area contributed by atoms with Gasteiger partial charge in [-0.2, -0.15) is 0 Å². The number of hydrogen-bond donors (Lipinski definition) is 2. The summed E-state index contributed by atoms with van der Waals surface area (Å²) in [6.07, 6.45) is 2.55. The molecule has 0 aliphatic heterocycles. The van der Waals surface area contributed by atoms with Crippen LogP contribution in [0.1, 0.15) is 11.1 Å². The van der Waals surface area contributed by atoms with Crippen molar-refractivity contribution < 1.29 is 8.42 Å². The Kier molecular flexibility index (Phi) is 4.31. The van der Waals surface area contributed by atoms with Gasteiger partial charge in [-0.1, -0.05) is 29.8 Å². The van der Waals surface area contributed by atoms with Crippen LogP contribution in [0.4, 0.5) is 5.95 Å². The zero-order valence-corrected chi connectivity index (χ0v) is 12.1. The fraction of sp³-hybridized carbons (Fsp3) is 0.231. The Hall–Kier alpha value is -1.99. The van der Waals surface area contributed by atoms with Crippen molar-refractivity contribution in [3.63, 3.8) is 0 Å². The predicted molar refractivity (Wildman–Crippen MR) is 76.8 cm³/mol. The average Bonchev–Trinajstić information content (AvgIpc) is 2.45. The molecule has 0 aliphatic rings. The molecule has 6 nitrogen and oxygen atoms in total. The lowest BCUT2D eigenvalue weighted by Crippen LogP contribution is -2.23. The molecule has 1 aromatic heterocycles. The van der Waals surface area contributed by atoms with Crippen LogP contribution in [-0.4, -0.2) is 25.4 Å². The highest BCUT2D eigenvalue weighted by Crippen LogP contribution is 2.09. The molecule has 0 saturated carbocycles. The highest BCUT2D eigenvalue weighted by Gasteiger charge is 2.14. The normalized spacial score (nSPS) is 11.3. The van der Waals surface area contributed by atoms with E-state index < -0.39 is 10.0 Å². The van der Waals surface area contributed by atoms with Crippen molar-refractivity contribution in [1.82, 2.24) is 14.7 Å². The van der Waals surface area contributed by atoms with Gasteiger partial charge in [0, 0.05) is 13.6 Å². The molecule has 1 heterocycles. The molecule has 2 aromatic rings. The zero-order chi connectivity index (χ0) is 14.6. The molecule has 0 radical (unpaired) electrons. The molecule has 0 atom stereocenters. The van der Waals surface area contributed by atoms with Crippen LogP contribution in [-0.2, 0) is 16.6 Å². The van der Waals surface area contributed by atoms with Crippen molar-refractivity contribution in [3.05, 3.63) is 47.8 Å². The van der Waals surface area contributed by atoms with Gasteiger partial charge in [-0.25, -0.2) is 23.1 Å². The summed E-state index contributed by atoms with van der Waals surface area (Å²) in [5, 5.41) is 2.73. The first-order chi connectivity index (χ1) is 9.51. The molecule has 0 aliphatic carbocycles. The number of rotatable bonds is 5. The van der Waals surface area contributed by atoms with Gasteiger partial charge in [0.05, 0.1) is 12.4 Å². The summed E-state index contributed by atoms with van der Waals surface area (Å²) in [6.45, 7) is 2.19. The second-order valence-electron chi connectivity index (χ2n) is 4.31. The second kappa shape index (κ2) is 5.98. The van der Waals surface area contributed by atoms with Crippen LogP contribution in [0.25, 0.3) is 0 Å². The van der Waals surface area contributed by atoms with Gasteiger partial charge in [0.1, 0.15) is 4.90 Å². The molecule has 0 bridgehead atoms. The smallest absolute Gasteiger partial charge is 0.243 e. The summed E-state index contributed by atoms with van der Waals surface area (Å²) in [5.41, 5.74) is 1.99. The first-order valence-electron chi connectivity index (χ1n) is 6.06. The van der Waals surface area contributed by atoms with Crippen LogP contribution in [0.15, 0.2) is 41.6 Å².